The van der Waals surface area contributed by atoms with Crippen LogP contribution in [0.15, 0.2) is 218 Å². The van der Waals surface area contributed by atoms with E-state index in [4.69, 9.17) is 17.7 Å². The van der Waals surface area contributed by atoms with Crippen molar-refractivity contribution in [2.24, 2.45) is 0 Å². The van der Waals surface area contributed by atoms with Gasteiger partial charge in [0, 0.05) is 58.8 Å². The lowest BCUT2D eigenvalue weighted by Gasteiger charge is -2.20. The van der Waals surface area contributed by atoms with Gasteiger partial charge in [0.1, 0.15) is 0 Å². The molecule has 13 aromatic rings. The van der Waals surface area contributed by atoms with Gasteiger partial charge in [0.15, 0.2) is 17.5 Å². The van der Waals surface area contributed by atoms with Gasteiger partial charge in [-0.3, -0.25) is 0 Å². The Kier molecular flexibility index (Phi) is 7.05. The molecule has 0 N–H and O–H groups in total. The number of hydrogen-bond acceptors (Lipinski definition) is 4. The van der Waals surface area contributed by atoms with Crippen molar-refractivity contribution >= 4 is 74.9 Å². The van der Waals surface area contributed by atoms with Crippen LogP contribution in [-0.2, 0) is 0 Å². The smallest absolute Gasteiger partial charge is 0.165 e. The molecular weight excluding hydrogens is 797 g/mol. The Morgan fingerprint density at radius 2 is 0.891 bits per heavy atom. The van der Waals surface area contributed by atoms with Crippen LogP contribution in [0.1, 0.15) is 8.22 Å². The number of benzene rings is 10. The van der Waals surface area contributed by atoms with Gasteiger partial charge in [-0.2, -0.15) is 0 Å². The fourth-order valence-corrected chi connectivity index (χ4v) is 10.6. The summed E-state index contributed by atoms with van der Waals surface area (Å²) in [7, 11) is 0. The molecule has 0 fully saturated rings. The van der Waals surface area contributed by atoms with Gasteiger partial charge in [-0.05, 0) is 56.9 Å². The Hall–Kier alpha value is -8.25. The maximum Gasteiger partial charge on any atom is 0.165 e. The van der Waals surface area contributed by atoms with Gasteiger partial charge in [-0.15, -0.1) is 11.3 Å². The highest BCUT2D eigenvalue weighted by Gasteiger charge is 2.23. The number of nitrogens with zero attached hydrogens (tertiary/aromatic N) is 4. The Balaban J connectivity index is 1.15. The third-order valence-corrected chi connectivity index (χ3v) is 13.4. The predicted octanol–water partition coefficient (Wildman–Crippen LogP) is 16.0. The van der Waals surface area contributed by atoms with Crippen molar-refractivity contribution in [2.45, 2.75) is 0 Å². The first-order valence-electron chi connectivity index (χ1n) is 24.1. The third kappa shape index (κ3) is 5.72. The average molecular weight is 839 g/mol. The summed E-state index contributed by atoms with van der Waals surface area (Å²) in [5, 5.41) is 6.44. The molecule has 4 nitrogen and oxygen atoms in total. The summed E-state index contributed by atoms with van der Waals surface area (Å²) in [5.74, 6) is 1.66. The van der Waals surface area contributed by atoms with E-state index in [9.17, 15) is 5.48 Å². The van der Waals surface area contributed by atoms with Crippen molar-refractivity contribution in [1.82, 2.24) is 19.5 Å². The molecule has 10 aromatic carbocycles. The van der Waals surface area contributed by atoms with E-state index in [1.807, 2.05) is 102 Å². The summed E-state index contributed by atoms with van der Waals surface area (Å²) in [5.41, 5.74) is 7.41. The fourth-order valence-electron chi connectivity index (χ4n) is 9.42. The van der Waals surface area contributed by atoms with E-state index in [1.54, 1.807) is 11.3 Å². The minimum atomic E-state index is -0.162. The maximum atomic E-state index is 9.47. The Morgan fingerprint density at radius 1 is 0.375 bits per heavy atom. The molecule has 0 radical (unpaired) electrons. The second-order valence-corrected chi connectivity index (χ2v) is 16.8. The Morgan fingerprint density at radius 3 is 1.50 bits per heavy atom. The summed E-state index contributed by atoms with van der Waals surface area (Å²) in [6, 6.07) is 59.6. The number of rotatable bonds is 6. The first-order valence-corrected chi connectivity index (χ1v) is 21.9. The van der Waals surface area contributed by atoms with Gasteiger partial charge < -0.3 is 4.57 Å². The van der Waals surface area contributed by atoms with E-state index in [1.165, 1.54) is 12.1 Å². The Bertz CT molecular complexity index is 4140. The second-order valence-electron chi connectivity index (χ2n) is 15.8. The number of thiophene rings is 1. The van der Waals surface area contributed by atoms with E-state index in [0.717, 1.165) is 80.7 Å². The summed E-state index contributed by atoms with van der Waals surface area (Å²) in [6.45, 7) is 0. The van der Waals surface area contributed by atoms with Crippen LogP contribution in [0.2, 0.25) is 0 Å². The molecule has 0 aliphatic carbocycles. The number of aromatic nitrogens is 4. The topological polar surface area (TPSA) is 43.6 Å². The summed E-state index contributed by atoms with van der Waals surface area (Å²) in [6.07, 6.45) is 0. The van der Waals surface area contributed by atoms with Gasteiger partial charge in [0.05, 0.1) is 24.9 Å². The van der Waals surface area contributed by atoms with E-state index in [0.29, 0.717) is 34.2 Å². The molecule has 298 valence electrons. The van der Waals surface area contributed by atoms with Gasteiger partial charge in [-0.25, -0.2) is 15.0 Å². The van der Waals surface area contributed by atoms with Crippen LogP contribution in [0.4, 0.5) is 0 Å². The zero-order valence-corrected chi connectivity index (χ0v) is 34.8. The molecule has 64 heavy (non-hydrogen) atoms. The van der Waals surface area contributed by atoms with Crippen molar-refractivity contribution in [2.75, 3.05) is 0 Å². The third-order valence-electron chi connectivity index (χ3n) is 12.2. The van der Waals surface area contributed by atoms with Crippen LogP contribution in [0, 0.1) is 0 Å². The number of para-hydroxylation sites is 2. The molecular formula is C59H36N4S. The molecule has 0 saturated heterocycles. The summed E-state index contributed by atoms with van der Waals surface area (Å²) in [4.78, 5) is 15.4. The van der Waals surface area contributed by atoms with Gasteiger partial charge in [-0.1, -0.05) is 194 Å². The van der Waals surface area contributed by atoms with Crippen molar-refractivity contribution in [3.8, 4) is 62.1 Å². The fraction of sp³-hybridized carbons (Fsp3) is 0. The zero-order chi connectivity index (χ0) is 47.4. The molecule has 0 bridgehead atoms. The number of hydrogen-bond donors (Lipinski definition) is 0. The van der Waals surface area contributed by atoms with Gasteiger partial charge in [0.2, 0.25) is 0 Å². The molecule has 0 atom stereocenters. The molecule has 0 unspecified atom stereocenters. The molecule has 0 amide bonds. The van der Waals surface area contributed by atoms with E-state index < -0.39 is 0 Å². The van der Waals surface area contributed by atoms with E-state index in [-0.39, 0.29) is 47.0 Å². The lowest BCUT2D eigenvalue weighted by molar-refractivity contribution is 1.08. The lowest BCUT2D eigenvalue weighted by atomic mass is 9.87. The minimum absolute atomic E-state index is 0.0173. The first-order chi connectivity index (χ1) is 34.2. The molecule has 0 spiro atoms. The standard InChI is InChI=1S/C59H36N4S/c1-3-18-37(19-4-1)57-60-58(38-20-5-2-6-21-38)62-59(61-57)55-46-27-9-7-25-44(46)54(45-26-8-10-28-47(45)55)39-34-35-42(48-29-17-30-49-43-24-13-16-33-53(43)64-56(48)49)52(36-39)63-50-31-14-11-22-40(50)41-23-12-15-32-51(41)63/h1-36H/i11D,12D,22D,23D,31D,32D. The van der Waals surface area contributed by atoms with Crippen molar-refractivity contribution < 1.29 is 8.22 Å². The van der Waals surface area contributed by atoms with Crippen LogP contribution in [0.5, 0.6) is 0 Å². The van der Waals surface area contributed by atoms with E-state index >= 15 is 0 Å². The van der Waals surface area contributed by atoms with Crippen LogP contribution < -0.4 is 0 Å². The quantitative estimate of drug-likeness (QED) is 0.157. The molecule has 5 heteroatoms. The van der Waals surface area contributed by atoms with Crippen LogP contribution in [0.25, 0.3) is 126 Å². The first kappa shape index (κ1) is 30.7. The SMILES string of the molecule is [2H]c1cc([2H])c2c(c1[2H])c1c([2H])c([2H])cc([2H])c1n2-c1cc(-c2c3ccccc3c(-c3nc(-c4ccccc4)nc(-c4ccccc4)n3)c3ccccc23)ccc1-c1cccc2c1sc1ccccc12. The van der Waals surface area contributed by atoms with Crippen LogP contribution in [-0.4, -0.2) is 19.5 Å². The molecule has 3 heterocycles. The summed E-state index contributed by atoms with van der Waals surface area (Å²) >= 11 is 1.71. The monoisotopic (exact) mass is 838 g/mol. The van der Waals surface area contributed by atoms with Crippen LogP contribution >= 0.6 is 11.3 Å². The molecule has 0 saturated carbocycles. The highest BCUT2D eigenvalue weighted by atomic mass is 32.1. The summed E-state index contributed by atoms with van der Waals surface area (Å²) < 4.78 is 58.9. The molecule has 13 rings (SSSR count). The second kappa shape index (κ2) is 14.7. The molecule has 0 aliphatic rings. The molecule has 0 aliphatic heterocycles. The molecule has 3 aromatic heterocycles. The van der Waals surface area contributed by atoms with Crippen molar-refractivity contribution in [3.63, 3.8) is 0 Å². The highest BCUT2D eigenvalue weighted by molar-refractivity contribution is 7.26. The predicted molar refractivity (Wildman–Crippen MR) is 269 cm³/mol. The minimum Gasteiger partial charge on any atom is -0.309 e. The largest absolute Gasteiger partial charge is 0.309 e. The Labute approximate surface area is 381 Å². The normalized spacial score (nSPS) is 13.1. The highest BCUT2D eigenvalue weighted by Crippen LogP contribution is 2.47. The maximum absolute atomic E-state index is 9.47. The lowest BCUT2D eigenvalue weighted by Crippen LogP contribution is -2.02. The van der Waals surface area contributed by atoms with Gasteiger partial charge >= 0.3 is 0 Å². The van der Waals surface area contributed by atoms with E-state index in [2.05, 4.69) is 72.8 Å². The van der Waals surface area contributed by atoms with Crippen molar-refractivity contribution in [1.29, 1.82) is 0 Å². The van der Waals surface area contributed by atoms with Gasteiger partial charge in [0.25, 0.3) is 0 Å². The van der Waals surface area contributed by atoms with Crippen molar-refractivity contribution in [3.05, 3.63) is 218 Å². The number of fused-ring (bicyclic) bond motifs is 8. The average Bonchev–Trinajstić information content (AvgIpc) is 3.97. The van der Waals surface area contributed by atoms with Crippen LogP contribution in [0.3, 0.4) is 0 Å². The zero-order valence-electron chi connectivity index (χ0n) is 40.0.